The van der Waals surface area contributed by atoms with Gasteiger partial charge in [-0.25, -0.2) is 14.5 Å². The van der Waals surface area contributed by atoms with Gasteiger partial charge < -0.3 is 19.5 Å². The Kier molecular flexibility index (Phi) is 5.89. The molecule has 1 amide bonds. The number of fused-ring (bicyclic) bond motifs is 2. The van der Waals surface area contributed by atoms with Gasteiger partial charge in [-0.15, -0.1) is 0 Å². The molecule has 11 nitrogen and oxygen atoms in total. The lowest BCUT2D eigenvalue weighted by atomic mass is 10.0. The Bertz CT molecular complexity index is 1400. The maximum Gasteiger partial charge on any atom is 0.262 e. The average Bonchev–Trinajstić information content (AvgIpc) is 3.35. The van der Waals surface area contributed by atoms with Crippen LogP contribution in [0.3, 0.4) is 0 Å². The number of rotatable bonds is 5. The molecule has 0 spiro atoms. The summed E-state index contributed by atoms with van der Waals surface area (Å²) in [7, 11) is 0. The summed E-state index contributed by atoms with van der Waals surface area (Å²) in [6, 6.07) is 0. The number of imidazole rings is 1. The van der Waals surface area contributed by atoms with Crippen LogP contribution in [0.2, 0.25) is 0 Å². The van der Waals surface area contributed by atoms with E-state index in [0.717, 1.165) is 12.0 Å². The minimum Gasteiger partial charge on any atom is -0.474 e. The predicted molar refractivity (Wildman–Crippen MR) is 128 cm³/mol. The molecule has 1 saturated heterocycles. The number of hydrogen-bond acceptors (Lipinski definition) is 8. The lowest BCUT2D eigenvalue weighted by molar-refractivity contribution is -0.0692. The summed E-state index contributed by atoms with van der Waals surface area (Å²) < 4.78 is 21.2. The fourth-order valence-corrected chi connectivity index (χ4v) is 3.90. The van der Waals surface area contributed by atoms with E-state index in [0.29, 0.717) is 36.0 Å². The van der Waals surface area contributed by atoms with Crippen molar-refractivity contribution in [3.63, 3.8) is 0 Å². The first-order chi connectivity index (χ1) is 16.7. The molecule has 0 bridgehead atoms. The topological polar surface area (TPSA) is 117 Å². The predicted octanol–water partition coefficient (Wildman–Crippen LogP) is 3.16. The first-order valence-corrected chi connectivity index (χ1v) is 11.7. The van der Waals surface area contributed by atoms with E-state index in [2.05, 4.69) is 25.4 Å². The summed E-state index contributed by atoms with van der Waals surface area (Å²) in [6.07, 6.45) is 9.35. The average molecular weight is 480 g/mol. The van der Waals surface area contributed by atoms with Crippen LogP contribution in [0.4, 0.5) is 5.69 Å². The van der Waals surface area contributed by atoms with Crippen molar-refractivity contribution in [2.75, 3.05) is 18.5 Å². The monoisotopic (exact) mass is 479 g/mol. The number of aromatic nitrogens is 6. The summed E-state index contributed by atoms with van der Waals surface area (Å²) in [6.45, 7) is 10.6. The van der Waals surface area contributed by atoms with Gasteiger partial charge in [0.25, 0.3) is 5.91 Å². The number of ether oxygens (including phenoxy) is 3. The fourth-order valence-electron chi connectivity index (χ4n) is 3.90. The molecule has 0 aromatic carbocycles. The molecule has 184 valence electrons. The van der Waals surface area contributed by atoms with Gasteiger partial charge >= 0.3 is 0 Å². The molecular weight excluding hydrogens is 450 g/mol. The summed E-state index contributed by atoms with van der Waals surface area (Å²) in [5.41, 5.74) is 2.21. The Hall–Kier alpha value is -3.57. The molecule has 1 fully saturated rings. The van der Waals surface area contributed by atoms with E-state index in [4.69, 9.17) is 14.2 Å². The number of hydrogen-bond donors (Lipinski definition) is 1. The molecule has 1 N–H and O–H groups in total. The SMILES string of the molecule is Cc1cnc2c(NC(=O)c3cn4cc([C@]5(C)CO[C@@H](C)CCO5)nc4nc3OC(C)C)cnn2c1. The van der Waals surface area contributed by atoms with Crippen molar-refractivity contribution >= 4 is 23.0 Å². The van der Waals surface area contributed by atoms with Crippen LogP contribution in [-0.2, 0) is 15.1 Å². The van der Waals surface area contributed by atoms with E-state index < -0.39 is 11.5 Å². The zero-order valence-corrected chi connectivity index (χ0v) is 20.5. The Morgan fingerprint density at radius 1 is 1.26 bits per heavy atom. The van der Waals surface area contributed by atoms with E-state index in [1.807, 2.05) is 47.0 Å². The lowest BCUT2D eigenvalue weighted by Gasteiger charge is -2.25. The highest BCUT2D eigenvalue weighted by atomic mass is 16.6. The highest BCUT2D eigenvalue weighted by Gasteiger charge is 2.34. The molecule has 5 rings (SSSR count). The van der Waals surface area contributed by atoms with Crippen molar-refractivity contribution < 1.29 is 19.0 Å². The number of nitrogens with one attached hydrogen (secondary N) is 1. The van der Waals surface area contributed by atoms with Crippen molar-refractivity contribution in [1.29, 1.82) is 0 Å². The molecular formula is C24H29N7O4. The first-order valence-electron chi connectivity index (χ1n) is 11.7. The highest BCUT2D eigenvalue weighted by molar-refractivity contribution is 6.07. The van der Waals surface area contributed by atoms with Gasteiger partial charge in [0.2, 0.25) is 11.7 Å². The van der Waals surface area contributed by atoms with Crippen LogP contribution in [0.15, 0.2) is 31.0 Å². The molecule has 1 aliphatic heterocycles. The van der Waals surface area contributed by atoms with Crippen molar-refractivity contribution in [2.24, 2.45) is 0 Å². The third-order valence-electron chi connectivity index (χ3n) is 5.87. The van der Waals surface area contributed by atoms with Crippen LogP contribution in [0.5, 0.6) is 5.88 Å². The zero-order valence-electron chi connectivity index (χ0n) is 20.5. The Morgan fingerprint density at radius 3 is 2.89 bits per heavy atom. The molecule has 0 saturated carbocycles. The third kappa shape index (κ3) is 4.56. The molecule has 11 heteroatoms. The van der Waals surface area contributed by atoms with Gasteiger partial charge in [-0.2, -0.15) is 10.1 Å². The molecule has 2 atom stereocenters. The number of carbonyl (C=O) groups excluding carboxylic acids is 1. The van der Waals surface area contributed by atoms with E-state index in [-0.39, 0.29) is 23.7 Å². The van der Waals surface area contributed by atoms with Crippen molar-refractivity contribution in [1.82, 2.24) is 29.0 Å². The fraction of sp³-hybridized carbons (Fsp3) is 0.458. The van der Waals surface area contributed by atoms with Crippen molar-refractivity contribution in [2.45, 2.75) is 58.8 Å². The van der Waals surface area contributed by atoms with E-state index in [1.165, 1.54) is 0 Å². The second-order valence-electron chi connectivity index (χ2n) is 9.36. The van der Waals surface area contributed by atoms with Crippen LogP contribution in [0.25, 0.3) is 11.4 Å². The molecule has 0 radical (unpaired) electrons. The molecule has 0 aliphatic carbocycles. The van der Waals surface area contributed by atoms with E-state index >= 15 is 0 Å². The summed E-state index contributed by atoms with van der Waals surface area (Å²) in [5.74, 6) is 0.207. The quantitative estimate of drug-likeness (QED) is 0.464. The van der Waals surface area contributed by atoms with Crippen LogP contribution < -0.4 is 10.1 Å². The molecule has 35 heavy (non-hydrogen) atoms. The largest absolute Gasteiger partial charge is 0.474 e. The maximum atomic E-state index is 13.3. The van der Waals surface area contributed by atoms with Gasteiger partial charge in [0.15, 0.2) is 5.65 Å². The van der Waals surface area contributed by atoms with Gasteiger partial charge in [-0.3, -0.25) is 9.20 Å². The van der Waals surface area contributed by atoms with Gasteiger partial charge in [0.05, 0.1) is 37.3 Å². The van der Waals surface area contributed by atoms with Gasteiger partial charge in [-0.1, -0.05) is 0 Å². The Morgan fingerprint density at radius 2 is 2.09 bits per heavy atom. The van der Waals surface area contributed by atoms with Crippen LogP contribution in [0, 0.1) is 6.92 Å². The normalized spacial score (nSPS) is 20.9. The summed E-state index contributed by atoms with van der Waals surface area (Å²) in [5, 5.41) is 7.16. The Labute approximate surface area is 202 Å². The molecule has 0 unspecified atom stereocenters. The minimum atomic E-state index is -0.721. The number of nitrogens with zero attached hydrogens (tertiary/aromatic N) is 6. The number of carbonyl (C=O) groups is 1. The van der Waals surface area contributed by atoms with E-state index in [1.54, 1.807) is 27.5 Å². The zero-order chi connectivity index (χ0) is 24.7. The van der Waals surface area contributed by atoms with Crippen molar-refractivity contribution in [3.8, 4) is 5.88 Å². The molecule has 4 aromatic rings. The highest BCUT2D eigenvalue weighted by Crippen LogP contribution is 2.30. The lowest BCUT2D eigenvalue weighted by Crippen LogP contribution is -2.31. The van der Waals surface area contributed by atoms with Crippen molar-refractivity contribution in [3.05, 3.63) is 47.8 Å². The second-order valence-corrected chi connectivity index (χ2v) is 9.36. The smallest absolute Gasteiger partial charge is 0.262 e. The van der Waals surface area contributed by atoms with E-state index in [9.17, 15) is 4.79 Å². The van der Waals surface area contributed by atoms with Gasteiger partial charge in [-0.05, 0) is 46.6 Å². The Balaban J connectivity index is 1.51. The molecule has 4 aromatic heterocycles. The van der Waals surface area contributed by atoms with Crippen LogP contribution >= 0.6 is 0 Å². The second kappa shape index (κ2) is 8.90. The first kappa shape index (κ1) is 23.2. The van der Waals surface area contributed by atoms with Gasteiger partial charge in [0, 0.05) is 24.8 Å². The molecule has 5 heterocycles. The molecule has 1 aliphatic rings. The standard InChI is InChI=1S/C24H29N7O4/c1-14(2)35-22-17(21(32)27-18-9-26-31-10-15(3)8-25-20(18)31)11-30-12-19(28-23(30)29-22)24(5)13-33-16(4)6-7-34-24/h8-12,14,16H,6-7,13H2,1-5H3,(H,27,32)/t16-,24-/m0/s1. The summed E-state index contributed by atoms with van der Waals surface area (Å²) >= 11 is 0. The van der Waals surface area contributed by atoms with Crippen LogP contribution in [-0.4, -0.2) is 60.3 Å². The summed E-state index contributed by atoms with van der Waals surface area (Å²) in [4.78, 5) is 27.0. The van der Waals surface area contributed by atoms with Crippen LogP contribution in [0.1, 0.15) is 55.7 Å². The van der Waals surface area contributed by atoms with Gasteiger partial charge in [0.1, 0.15) is 16.9 Å². The number of amides is 1. The number of aryl methyl sites for hydroxylation is 1. The maximum absolute atomic E-state index is 13.3. The third-order valence-corrected chi connectivity index (χ3v) is 5.87. The minimum absolute atomic E-state index is 0.117. The number of anilines is 1.